The van der Waals surface area contributed by atoms with E-state index in [2.05, 4.69) is 9.84 Å². The number of aromatic nitrogens is 2. The van der Waals surface area contributed by atoms with Crippen LogP contribution in [0.5, 0.6) is 0 Å². The standard InChI is InChI=1S/C7H10N4O3/c1-14-7(13)6-4(8)2-11(10-6)3-5(9)12/h2H,3,8H2,1H3,(H2,9,12). The van der Waals surface area contributed by atoms with Crippen molar-refractivity contribution in [3.63, 3.8) is 0 Å². The minimum Gasteiger partial charge on any atom is -0.464 e. The molecule has 1 amide bonds. The minimum absolute atomic E-state index is 0.0197. The van der Waals surface area contributed by atoms with E-state index in [0.717, 1.165) is 0 Å². The highest BCUT2D eigenvalue weighted by molar-refractivity contribution is 5.92. The third kappa shape index (κ3) is 2.00. The highest BCUT2D eigenvalue weighted by Gasteiger charge is 2.15. The Labute approximate surface area is 79.6 Å². The van der Waals surface area contributed by atoms with Crippen LogP contribution in [0.4, 0.5) is 5.69 Å². The maximum Gasteiger partial charge on any atom is 0.360 e. The molecule has 0 saturated heterocycles. The minimum atomic E-state index is -0.647. The molecule has 0 saturated carbocycles. The maximum absolute atomic E-state index is 11.0. The third-order valence-corrected chi connectivity index (χ3v) is 1.49. The smallest absolute Gasteiger partial charge is 0.360 e. The number of rotatable bonds is 3. The number of carbonyl (C=O) groups excluding carboxylic acids is 2. The molecule has 0 bridgehead atoms. The summed E-state index contributed by atoms with van der Waals surface area (Å²) in [6.07, 6.45) is 1.34. The molecule has 0 radical (unpaired) electrons. The molecule has 0 atom stereocenters. The van der Waals surface area contributed by atoms with Gasteiger partial charge in [-0.15, -0.1) is 0 Å². The number of carbonyl (C=O) groups is 2. The molecule has 0 aliphatic carbocycles. The highest BCUT2D eigenvalue weighted by atomic mass is 16.5. The Hall–Kier alpha value is -2.05. The quantitative estimate of drug-likeness (QED) is 0.588. The summed E-state index contributed by atoms with van der Waals surface area (Å²) in [6.45, 7) is -0.124. The molecule has 4 N–H and O–H groups in total. The van der Waals surface area contributed by atoms with Gasteiger partial charge in [-0.05, 0) is 0 Å². The van der Waals surface area contributed by atoms with Crippen LogP contribution in [0.1, 0.15) is 10.5 Å². The van der Waals surface area contributed by atoms with Crippen LogP contribution in [0.2, 0.25) is 0 Å². The lowest BCUT2D eigenvalue weighted by Gasteiger charge is -1.95. The number of primary amides is 1. The molecule has 1 aromatic heterocycles. The van der Waals surface area contributed by atoms with Crippen LogP contribution in [0.25, 0.3) is 0 Å². The van der Waals surface area contributed by atoms with Crippen LogP contribution in [-0.4, -0.2) is 28.8 Å². The zero-order chi connectivity index (χ0) is 10.7. The lowest BCUT2D eigenvalue weighted by Crippen LogP contribution is -2.19. The van der Waals surface area contributed by atoms with Crippen LogP contribution in [-0.2, 0) is 16.1 Å². The van der Waals surface area contributed by atoms with Crippen molar-refractivity contribution < 1.29 is 14.3 Å². The van der Waals surface area contributed by atoms with E-state index in [1.54, 1.807) is 0 Å². The lowest BCUT2D eigenvalue weighted by atomic mass is 10.4. The molecule has 0 spiro atoms. The fourth-order valence-corrected chi connectivity index (χ4v) is 0.933. The van der Waals surface area contributed by atoms with Gasteiger partial charge in [0.1, 0.15) is 6.54 Å². The van der Waals surface area contributed by atoms with Gasteiger partial charge >= 0.3 is 5.97 Å². The van der Waals surface area contributed by atoms with Crippen molar-refractivity contribution in [1.29, 1.82) is 0 Å². The Morgan fingerprint density at radius 2 is 2.29 bits per heavy atom. The van der Waals surface area contributed by atoms with Gasteiger partial charge in [0.25, 0.3) is 0 Å². The van der Waals surface area contributed by atoms with Gasteiger partial charge in [0.2, 0.25) is 5.91 Å². The monoisotopic (exact) mass is 198 g/mol. The summed E-state index contributed by atoms with van der Waals surface area (Å²) in [4.78, 5) is 21.6. The second-order valence-electron chi connectivity index (χ2n) is 2.59. The van der Waals surface area contributed by atoms with Gasteiger partial charge in [0, 0.05) is 6.20 Å². The number of nitrogens with zero attached hydrogens (tertiary/aromatic N) is 2. The van der Waals surface area contributed by atoms with Gasteiger partial charge in [-0.25, -0.2) is 4.79 Å². The number of anilines is 1. The third-order valence-electron chi connectivity index (χ3n) is 1.49. The number of nitrogen functional groups attached to an aromatic ring is 1. The van der Waals surface area contributed by atoms with Gasteiger partial charge in [-0.3, -0.25) is 9.48 Å². The van der Waals surface area contributed by atoms with Crippen molar-refractivity contribution in [3.8, 4) is 0 Å². The van der Waals surface area contributed by atoms with Crippen molar-refractivity contribution in [2.75, 3.05) is 12.8 Å². The Bertz CT molecular complexity index is 371. The number of amides is 1. The number of ether oxygens (including phenoxy) is 1. The molecule has 1 heterocycles. The maximum atomic E-state index is 11.0. The van der Waals surface area contributed by atoms with Gasteiger partial charge in [0.05, 0.1) is 12.8 Å². The van der Waals surface area contributed by atoms with Gasteiger partial charge in [-0.2, -0.15) is 5.10 Å². The second kappa shape index (κ2) is 3.77. The highest BCUT2D eigenvalue weighted by Crippen LogP contribution is 2.09. The SMILES string of the molecule is COC(=O)c1nn(CC(N)=O)cc1N. The fraction of sp³-hybridized carbons (Fsp3) is 0.286. The molecule has 0 fully saturated rings. The van der Waals surface area contributed by atoms with Crippen molar-refractivity contribution in [2.24, 2.45) is 5.73 Å². The Morgan fingerprint density at radius 3 is 2.79 bits per heavy atom. The number of esters is 1. The summed E-state index contributed by atoms with van der Waals surface area (Å²) < 4.78 is 5.61. The van der Waals surface area contributed by atoms with E-state index in [4.69, 9.17) is 11.5 Å². The molecule has 76 valence electrons. The van der Waals surface area contributed by atoms with E-state index < -0.39 is 11.9 Å². The van der Waals surface area contributed by atoms with E-state index in [-0.39, 0.29) is 17.9 Å². The molecule has 7 heteroatoms. The zero-order valence-electron chi connectivity index (χ0n) is 7.56. The van der Waals surface area contributed by atoms with Crippen LogP contribution < -0.4 is 11.5 Å². The first kappa shape index (κ1) is 10.0. The molecule has 0 aromatic carbocycles. The summed E-state index contributed by atoms with van der Waals surface area (Å²) >= 11 is 0. The number of hydrogen-bond donors (Lipinski definition) is 2. The van der Waals surface area contributed by atoms with E-state index in [0.29, 0.717) is 0 Å². The molecule has 0 aliphatic rings. The first-order valence-corrected chi connectivity index (χ1v) is 3.74. The summed E-state index contributed by atoms with van der Waals surface area (Å²) in [7, 11) is 1.22. The lowest BCUT2D eigenvalue weighted by molar-refractivity contribution is -0.118. The zero-order valence-corrected chi connectivity index (χ0v) is 7.56. The summed E-state index contributed by atoms with van der Waals surface area (Å²) in [5, 5.41) is 3.74. The average Bonchev–Trinajstić information content (AvgIpc) is 2.44. The predicted octanol–water partition coefficient (Wildman–Crippen LogP) is -1.26. The van der Waals surface area contributed by atoms with Crippen LogP contribution in [0.3, 0.4) is 0 Å². The predicted molar refractivity (Wildman–Crippen MR) is 47.2 cm³/mol. The van der Waals surface area contributed by atoms with Crippen molar-refractivity contribution >= 4 is 17.6 Å². The Kier molecular flexibility index (Phi) is 2.70. The van der Waals surface area contributed by atoms with E-state index in [9.17, 15) is 9.59 Å². The molecular weight excluding hydrogens is 188 g/mol. The molecule has 1 rings (SSSR count). The van der Waals surface area contributed by atoms with Crippen molar-refractivity contribution in [1.82, 2.24) is 9.78 Å². The van der Waals surface area contributed by atoms with Gasteiger partial charge in [-0.1, -0.05) is 0 Å². The van der Waals surface area contributed by atoms with Crippen LogP contribution in [0, 0.1) is 0 Å². The largest absolute Gasteiger partial charge is 0.464 e. The fourth-order valence-electron chi connectivity index (χ4n) is 0.933. The van der Waals surface area contributed by atoms with Gasteiger partial charge < -0.3 is 16.2 Å². The topological polar surface area (TPSA) is 113 Å². The Morgan fingerprint density at radius 1 is 1.64 bits per heavy atom. The van der Waals surface area contributed by atoms with E-state index in [1.165, 1.54) is 18.0 Å². The van der Waals surface area contributed by atoms with Gasteiger partial charge in [0.15, 0.2) is 5.69 Å². The molecule has 0 unspecified atom stereocenters. The van der Waals surface area contributed by atoms with E-state index >= 15 is 0 Å². The first-order valence-electron chi connectivity index (χ1n) is 3.74. The van der Waals surface area contributed by atoms with Crippen molar-refractivity contribution in [2.45, 2.75) is 6.54 Å². The van der Waals surface area contributed by atoms with Crippen LogP contribution >= 0.6 is 0 Å². The molecule has 0 aliphatic heterocycles. The average molecular weight is 198 g/mol. The summed E-state index contributed by atoms with van der Waals surface area (Å²) in [5.74, 6) is -1.21. The number of methoxy groups -OCH3 is 1. The number of hydrogen-bond acceptors (Lipinski definition) is 5. The number of nitrogens with two attached hydrogens (primary N) is 2. The Balaban J connectivity index is 2.93. The summed E-state index contributed by atoms with van der Waals surface area (Å²) in [6, 6.07) is 0. The molecular formula is C7H10N4O3. The normalized spacial score (nSPS) is 9.79. The second-order valence-corrected chi connectivity index (χ2v) is 2.59. The van der Waals surface area contributed by atoms with Crippen molar-refractivity contribution in [3.05, 3.63) is 11.9 Å². The first-order chi connectivity index (χ1) is 6.54. The van der Waals surface area contributed by atoms with E-state index in [1.807, 2.05) is 0 Å². The van der Waals surface area contributed by atoms with Crippen LogP contribution in [0.15, 0.2) is 6.20 Å². The molecule has 7 nitrogen and oxygen atoms in total. The molecule has 14 heavy (non-hydrogen) atoms. The summed E-state index contributed by atoms with van der Waals surface area (Å²) in [5.41, 5.74) is 10.5. The molecule has 1 aromatic rings.